The van der Waals surface area contributed by atoms with E-state index < -0.39 is 0 Å². The standard InChI is InChI=1S/C21H28FN5.HI/c22-19-6-8-20(9-7-19)27-16-14-26(15-17-27)13-12-25-21(23)24-11-10-18-4-2-1-3-5-18;/h1-9H,10-17H2,(H3,23,24,25);1H. The number of nitrogens with two attached hydrogens (primary N) is 1. The van der Waals surface area contributed by atoms with Crippen LogP contribution in [0.1, 0.15) is 5.56 Å². The predicted molar refractivity (Wildman–Crippen MR) is 125 cm³/mol. The lowest BCUT2D eigenvalue weighted by Gasteiger charge is -2.35. The van der Waals surface area contributed by atoms with Crippen molar-refractivity contribution in [2.45, 2.75) is 6.42 Å². The average molecular weight is 497 g/mol. The van der Waals surface area contributed by atoms with Crippen LogP contribution in [0.2, 0.25) is 0 Å². The van der Waals surface area contributed by atoms with Gasteiger partial charge < -0.3 is 16.0 Å². The van der Waals surface area contributed by atoms with Crippen molar-refractivity contribution in [2.24, 2.45) is 10.7 Å². The van der Waals surface area contributed by atoms with Gasteiger partial charge in [0.1, 0.15) is 5.82 Å². The molecule has 0 aromatic heterocycles. The van der Waals surface area contributed by atoms with Gasteiger partial charge in [0, 0.05) is 45.0 Å². The molecule has 1 heterocycles. The van der Waals surface area contributed by atoms with E-state index in [1.807, 2.05) is 30.3 Å². The Morgan fingerprint density at radius 2 is 1.68 bits per heavy atom. The van der Waals surface area contributed by atoms with Crippen molar-refractivity contribution < 1.29 is 4.39 Å². The molecule has 5 nitrogen and oxygen atoms in total. The fourth-order valence-electron chi connectivity index (χ4n) is 3.23. The zero-order valence-corrected chi connectivity index (χ0v) is 18.4. The smallest absolute Gasteiger partial charge is 0.188 e. The lowest BCUT2D eigenvalue weighted by Crippen LogP contribution is -2.47. The maximum atomic E-state index is 13.0. The molecular formula is C21H29FIN5. The van der Waals surface area contributed by atoms with Crippen LogP contribution in [0, 0.1) is 5.82 Å². The lowest BCUT2D eigenvalue weighted by atomic mass is 10.1. The van der Waals surface area contributed by atoms with E-state index in [9.17, 15) is 4.39 Å². The van der Waals surface area contributed by atoms with Gasteiger partial charge in [-0.2, -0.15) is 0 Å². The van der Waals surface area contributed by atoms with Crippen LogP contribution < -0.4 is 16.0 Å². The highest BCUT2D eigenvalue weighted by atomic mass is 127. The predicted octanol–water partition coefficient (Wildman–Crippen LogP) is 2.71. The van der Waals surface area contributed by atoms with Crippen LogP contribution >= 0.6 is 24.0 Å². The van der Waals surface area contributed by atoms with Crippen LogP contribution in [-0.4, -0.2) is 56.7 Å². The molecule has 2 aromatic carbocycles. The molecule has 1 aliphatic rings. The summed E-state index contributed by atoms with van der Waals surface area (Å²) >= 11 is 0. The summed E-state index contributed by atoms with van der Waals surface area (Å²) in [7, 11) is 0. The third-order valence-corrected chi connectivity index (χ3v) is 4.83. The highest BCUT2D eigenvalue weighted by molar-refractivity contribution is 14.0. The average Bonchev–Trinajstić information content (AvgIpc) is 2.70. The Kier molecular flexibility index (Phi) is 9.49. The zero-order chi connectivity index (χ0) is 18.9. The van der Waals surface area contributed by atoms with E-state index in [0.29, 0.717) is 12.5 Å². The Hall–Kier alpha value is -1.87. The van der Waals surface area contributed by atoms with E-state index in [4.69, 9.17) is 5.73 Å². The molecule has 2 aromatic rings. The molecule has 1 fully saturated rings. The van der Waals surface area contributed by atoms with Gasteiger partial charge in [0.05, 0.1) is 6.54 Å². The Morgan fingerprint density at radius 3 is 2.36 bits per heavy atom. The highest BCUT2D eigenvalue weighted by Crippen LogP contribution is 2.16. The van der Waals surface area contributed by atoms with Crippen LogP contribution in [0.15, 0.2) is 59.6 Å². The first-order valence-corrected chi connectivity index (χ1v) is 9.51. The van der Waals surface area contributed by atoms with E-state index in [2.05, 4.69) is 32.2 Å². The molecule has 3 N–H and O–H groups in total. The SMILES string of the molecule is I.NC(=NCCN1CCN(c2ccc(F)cc2)CC1)NCCc1ccccc1. The van der Waals surface area contributed by atoms with Gasteiger partial charge in [-0.15, -0.1) is 24.0 Å². The van der Waals surface area contributed by atoms with Gasteiger partial charge in [-0.3, -0.25) is 9.89 Å². The molecule has 152 valence electrons. The Balaban J connectivity index is 0.00000280. The number of halogens is 2. The van der Waals surface area contributed by atoms with Crippen molar-refractivity contribution >= 4 is 35.6 Å². The minimum Gasteiger partial charge on any atom is -0.370 e. The second-order valence-corrected chi connectivity index (χ2v) is 6.73. The van der Waals surface area contributed by atoms with Gasteiger partial charge in [0.25, 0.3) is 0 Å². The fraction of sp³-hybridized carbons (Fsp3) is 0.381. The van der Waals surface area contributed by atoms with E-state index >= 15 is 0 Å². The van der Waals surface area contributed by atoms with Gasteiger partial charge in [0.15, 0.2) is 5.96 Å². The number of hydrogen-bond acceptors (Lipinski definition) is 3. The van der Waals surface area contributed by atoms with Crippen molar-refractivity contribution in [1.82, 2.24) is 10.2 Å². The molecule has 3 rings (SSSR count). The summed E-state index contributed by atoms with van der Waals surface area (Å²) in [4.78, 5) is 9.10. The normalized spacial score (nSPS) is 15.2. The summed E-state index contributed by atoms with van der Waals surface area (Å²) in [5.41, 5.74) is 8.32. The van der Waals surface area contributed by atoms with E-state index in [1.54, 1.807) is 0 Å². The second-order valence-electron chi connectivity index (χ2n) is 6.73. The van der Waals surface area contributed by atoms with E-state index in [-0.39, 0.29) is 29.8 Å². The Bertz CT molecular complexity index is 715. The number of nitrogens with one attached hydrogen (secondary N) is 1. The number of benzene rings is 2. The van der Waals surface area contributed by atoms with Gasteiger partial charge in [-0.25, -0.2) is 4.39 Å². The molecule has 0 atom stereocenters. The number of rotatable bonds is 7. The van der Waals surface area contributed by atoms with Gasteiger partial charge in [-0.1, -0.05) is 30.3 Å². The zero-order valence-electron chi connectivity index (χ0n) is 16.1. The molecule has 28 heavy (non-hydrogen) atoms. The van der Waals surface area contributed by atoms with Crippen LogP contribution in [-0.2, 0) is 6.42 Å². The molecule has 0 spiro atoms. The minimum atomic E-state index is -0.190. The quantitative estimate of drug-likeness (QED) is 0.351. The number of aliphatic imine (C=N–C) groups is 1. The third kappa shape index (κ3) is 7.27. The number of hydrogen-bond donors (Lipinski definition) is 2. The largest absolute Gasteiger partial charge is 0.370 e. The van der Waals surface area contributed by atoms with E-state index in [1.165, 1.54) is 17.7 Å². The molecule has 0 unspecified atom stereocenters. The lowest BCUT2D eigenvalue weighted by molar-refractivity contribution is 0.265. The van der Waals surface area contributed by atoms with Crippen LogP contribution in [0.4, 0.5) is 10.1 Å². The van der Waals surface area contributed by atoms with Gasteiger partial charge in [-0.05, 0) is 36.2 Å². The Morgan fingerprint density at radius 1 is 1.00 bits per heavy atom. The second kappa shape index (κ2) is 11.9. The first-order valence-electron chi connectivity index (χ1n) is 9.51. The molecule has 0 bridgehead atoms. The van der Waals surface area contributed by atoms with Crippen LogP contribution in [0.25, 0.3) is 0 Å². The highest BCUT2D eigenvalue weighted by Gasteiger charge is 2.16. The van der Waals surface area contributed by atoms with Crippen LogP contribution in [0.5, 0.6) is 0 Å². The van der Waals surface area contributed by atoms with Crippen LogP contribution in [0.3, 0.4) is 0 Å². The number of guanidine groups is 1. The maximum absolute atomic E-state index is 13.0. The summed E-state index contributed by atoms with van der Waals surface area (Å²) in [6.45, 7) is 6.23. The molecule has 1 aliphatic heterocycles. The first kappa shape index (κ1) is 22.4. The molecule has 0 saturated carbocycles. The molecule has 0 amide bonds. The topological polar surface area (TPSA) is 56.9 Å². The van der Waals surface area contributed by atoms with Crippen molar-refractivity contribution in [3.63, 3.8) is 0 Å². The number of anilines is 1. The number of piperazine rings is 1. The van der Waals surface area contributed by atoms with Crippen molar-refractivity contribution in [3.8, 4) is 0 Å². The monoisotopic (exact) mass is 497 g/mol. The van der Waals surface area contributed by atoms with Crippen molar-refractivity contribution in [2.75, 3.05) is 50.7 Å². The summed E-state index contributed by atoms with van der Waals surface area (Å²) < 4.78 is 13.0. The summed E-state index contributed by atoms with van der Waals surface area (Å²) in [5.74, 6) is 0.320. The third-order valence-electron chi connectivity index (χ3n) is 4.83. The molecule has 7 heteroatoms. The molecule has 0 radical (unpaired) electrons. The van der Waals surface area contributed by atoms with Crippen molar-refractivity contribution in [1.29, 1.82) is 0 Å². The molecular weight excluding hydrogens is 468 g/mol. The van der Waals surface area contributed by atoms with Gasteiger partial charge >= 0.3 is 0 Å². The summed E-state index contributed by atoms with van der Waals surface area (Å²) in [6, 6.07) is 17.1. The van der Waals surface area contributed by atoms with Gasteiger partial charge in [0.2, 0.25) is 0 Å². The van der Waals surface area contributed by atoms with Crippen molar-refractivity contribution in [3.05, 3.63) is 66.0 Å². The first-order chi connectivity index (χ1) is 13.2. The maximum Gasteiger partial charge on any atom is 0.188 e. The Labute approximate surface area is 183 Å². The molecule has 0 aliphatic carbocycles. The van der Waals surface area contributed by atoms with E-state index in [0.717, 1.165) is 51.4 Å². The number of nitrogens with zero attached hydrogens (tertiary/aromatic N) is 3. The molecule has 1 saturated heterocycles. The summed E-state index contributed by atoms with van der Waals surface area (Å²) in [6.07, 6.45) is 0.933. The minimum absolute atomic E-state index is 0. The fourth-order valence-corrected chi connectivity index (χ4v) is 3.23. The summed E-state index contributed by atoms with van der Waals surface area (Å²) in [5, 5.41) is 3.17.